The third-order valence-electron chi connectivity index (χ3n) is 4.35. The van der Waals surface area contributed by atoms with Crippen molar-refractivity contribution in [1.29, 1.82) is 0 Å². The summed E-state index contributed by atoms with van der Waals surface area (Å²) in [6, 6.07) is 16.0. The molecule has 0 heterocycles. The smallest absolute Gasteiger partial charge is 0.175 e. The molecule has 0 saturated carbocycles. The molecule has 0 aliphatic heterocycles. The number of aryl methyl sites for hydroxylation is 1. The number of hydrogen-bond donors (Lipinski definition) is 1. The van der Waals surface area contributed by atoms with Crippen LogP contribution in [0.2, 0.25) is 5.02 Å². The maximum atomic E-state index is 13.1. The van der Waals surface area contributed by atoms with Crippen LogP contribution >= 0.6 is 27.5 Å². The molecule has 0 saturated heterocycles. The minimum Gasteiger partial charge on any atom is -0.490 e. The second kappa shape index (κ2) is 9.99. The molecule has 0 aromatic heterocycles. The predicted molar refractivity (Wildman–Crippen MR) is 120 cm³/mol. The zero-order valence-corrected chi connectivity index (χ0v) is 18.6. The Morgan fingerprint density at radius 2 is 1.76 bits per heavy atom. The second-order valence-corrected chi connectivity index (χ2v) is 7.86. The van der Waals surface area contributed by atoms with Crippen molar-refractivity contribution in [2.75, 3.05) is 11.9 Å². The van der Waals surface area contributed by atoms with Gasteiger partial charge in [-0.3, -0.25) is 0 Å². The van der Waals surface area contributed by atoms with Crippen molar-refractivity contribution >= 4 is 33.2 Å². The van der Waals surface area contributed by atoms with Gasteiger partial charge >= 0.3 is 0 Å². The zero-order chi connectivity index (χ0) is 20.8. The number of rotatable bonds is 8. The van der Waals surface area contributed by atoms with E-state index in [2.05, 4.69) is 21.2 Å². The average Bonchev–Trinajstić information content (AvgIpc) is 2.69. The Labute approximate surface area is 183 Å². The van der Waals surface area contributed by atoms with Crippen molar-refractivity contribution in [1.82, 2.24) is 0 Å². The molecule has 0 radical (unpaired) electrons. The van der Waals surface area contributed by atoms with E-state index in [1.165, 1.54) is 12.1 Å². The molecule has 0 unspecified atom stereocenters. The molecular weight excluding hydrogens is 457 g/mol. The van der Waals surface area contributed by atoms with Gasteiger partial charge in [-0.2, -0.15) is 0 Å². The number of nitrogens with one attached hydrogen (secondary N) is 1. The van der Waals surface area contributed by atoms with E-state index in [-0.39, 0.29) is 5.82 Å². The summed E-state index contributed by atoms with van der Waals surface area (Å²) >= 11 is 9.69. The van der Waals surface area contributed by atoms with Crippen molar-refractivity contribution in [3.05, 3.63) is 86.6 Å². The number of anilines is 1. The highest BCUT2D eigenvalue weighted by molar-refractivity contribution is 9.10. The maximum Gasteiger partial charge on any atom is 0.175 e. The Kier molecular flexibility index (Phi) is 7.40. The summed E-state index contributed by atoms with van der Waals surface area (Å²) in [5.41, 5.74) is 4.03. The fourth-order valence-electron chi connectivity index (χ4n) is 2.84. The Morgan fingerprint density at radius 3 is 2.48 bits per heavy atom. The Hall–Kier alpha value is -2.24. The van der Waals surface area contributed by atoms with Gasteiger partial charge in [0.05, 0.1) is 11.1 Å². The van der Waals surface area contributed by atoms with Crippen LogP contribution in [0.15, 0.2) is 59.1 Å². The van der Waals surface area contributed by atoms with Gasteiger partial charge in [-0.15, -0.1) is 0 Å². The lowest BCUT2D eigenvalue weighted by molar-refractivity contribution is 0.267. The van der Waals surface area contributed by atoms with E-state index in [0.29, 0.717) is 36.3 Å². The molecule has 1 N–H and O–H groups in total. The zero-order valence-electron chi connectivity index (χ0n) is 16.3. The van der Waals surface area contributed by atoms with Gasteiger partial charge < -0.3 is 14.8 Å². The van der Waals surface area contributed by atoms with E-state index in [9.17, 15) is 4.39 Å². The summed E-state index contributed by atoms with van der Waals surface area (Å²) in [5.74, 6) is 1.01. The van der Waals surface area contributed by atoms with Gasteiger partial charge in [-0.25, -0.2) is 4.39 Å². The first kappa shape index (κ1) is 21.5. The number of halogens is 3. The Balaban J connectivity index is 1.76. The van der Waals surface area contributed by atoms with Crippen LogP contribution in [0.5, 0.6) is 11.5 Å². The fraction of sp³-hybridized carbons (Fsp3) is 0.217. The fourth-order valence-corrected chi connectivity index (χ4v) is 3.62. The van der Waals surface area contributed by atoms with Crippen LogP contribution in [0.1, 0.15) is 23.6 Å². The van der Waals surface area contributed by atoms with Gasteiger partial charge in [0.25, 0.3) is 0 Å². The van der Waals surface area contributed by atoms with Crippen LogP contribution in [0, 0.1) is 12.7 Å². The molecular formula is C23H22BrClFNO2. The molecule has 3 rings (SSSR count). The molecule has 0 spiro atoms. The van der Waals surface area contributed by atoms with Crippen molar-refractivity contribution in [2.24, 2.45) is 0 Å². The van der Waals surface area contributed by atoms with Gasteiger partial charge in [0.2, 0.25) is 0 Å². The summed E-state index contributed by atoms with van der Waals surface area (Å²) in [6.45, 7) is 5.41. The van der Waals surface area contributed by atoms with Crippen LogP contribution in [0.4, 0.5) is 10.1 Å². The normalized spacial score (nSPS) is 10.7. The van der Waals surface area contributed by atoms with Gasteiger partial charge in [0, 0.05) is 17.3 Å². The van der Waals surface area contributed by atoms with Crippen LogP contribution < -0.4 is 14.8 Å². The summed E-state index contributed by atoms with van der Waals surface area (Å²) in [6.07, 6.45) is 0. The molecule has 0 fully saturated rings. The van der Waals surface area contributed by atoms with Crippen LogP contribution in [-0.2, 0) is 13.2 Å². The van der Waals surface area contributed by atoms with Crippen molar-refractivity contribution in [2.45, 2.75) is 27.0 Å². The lowest BCUT2D eigenvalue weighted by Crippen LogP contribution is -2.04. The van der Waals surface area contributed by atoms with Crippen molar-refractivity contribution < 1.29 is 13.9 Å². The van der Waals surface area contributed by atoms with E-state index in [4.69, 9.17) is 21.1 Å². The molecule has 0 atom stereocenters. The van der Waals surface area contributed by atoms with Crippen LogP contribution in [-0.4, -0.2) is 6.61 Å². The van der Waals surface area contributed by atoms with Crippen molar-refractivity contribution in [3.8, 4) is 11.5 Å². The third kappa shape index (κ3) is 5.87. The minimum atomic E-state index is -0.267. The first-order chi connectivity index (χ1) is 14.0. The maximum absolute atomic E-state index is 13.1. The highest BCUT2D eigenvalue weighted by atomic mass is 79.9. The molecule has 29 heavy (non-hydrogen) atoms. The lowest BCUT2D eigenvalue weighted by Gasteiger charge is -2.16. The molecule has 0 aliphatic carbocycles. The molecule has 0 bridgehead atoms. The van der Waals surface area contributed by atoms with Gasteiger partial charge in [-0.05, 0) is 82.9 Å². The lowest BCUT2D eigenvalue weighted by atomic mass is 10.1. The SMILES string of the molecule is CCOc1cc(CNc2cc(Cl)ccc2C)cc(Br)c1OCc1ccc(F)cc1. The standard InChI is InChI=1S/C23H22BrClFNO2/c1-3-28-22-11-17(13-27-21-12-18(25)7-4-15(21)2)10-20(24)23(22)29-14-16-5-8-19(26)9-6-16/h4-12,27H,3,13-14H2,1-2H3. The first-order valence-corrected chi connectivity index (χ1v) is 10.5. The van der Waals surface area contributed by atoms with Gasteiger partial charge in [0.15, 0.2) is 11.5 Å². The van der Waals surface area contributed by atoms with Crippen LogP contribution in [0.25, 0.3) is 0 Å². The third-order valence-corrected chi connectivity index (χ3v) is 5.17. The summed E-state index contributed by atoms with van der Waals surface area (Å²) in [4.78, 5) is 0. The average molecular weight is 479 g/mol. The molecule has 3 nitrogen and oxygen atoms in total. The summed E-state index contributed by atoms with van der Waals surface area (Å²) in [7, 11) is 0. The molecule has 3 aromatic rings. The largest absolute Gasteiger partial charge is 0.490 e. The number of benzene rings is 3. The van der Waals surface area contributed by atoms with Gasteiger partial charge in [-0.1, -0.05) is 29.8 Å². The highest BCUT2D eigenvalue weighted by Crippen LogP contribution is 2.38. The monoisotopic (exact) mass is 477 g/mol. The first-order valence-electron chi connectivity index (χ1n) is 9.28. The van der Waals surface area contributed by atoms with E-state index in [1.807, 2.05) is 44.2 Å². The van der Waals surface area contributed by atoms with E-state index >= 15 is 0 Å². The highest BCUT2D eigenvalue weighted by Gasteiger charge is 2.13. The predicted octanol–water partition coefficient (Wildman–Crippen LogP) is 7.14. The molecule has 3 aromatic carbocycles. The molecule has 0 amide bonds. The van der Waals surface area contributed by atoms with Gasteiger partial charge in [0.1, 0.15) is 12.4 Å². The molecule has 6 heteroatoms. The number of ether oxygens (including phenoxy) is 2. The minimum absolute atomic E-state index is 0.267. The summed E-state index contributed by atoms with van der Waals surface area (Å²) < 4.78 is 25.6. The van der Waals surface area contributed by atoms with Crippen LogP contribution in [0.3, 0.4) is 0 Å². The van der Waals surface area contributed by atoms with E-state index in [1.54, 1.807) is 12.1 Å². The van der Waals surface area contributed by atoms with E-state index in [0.717, 1.165) is 26.9 Å². The van der Waals surface area contributed by atoms with E-state index < -0.39 is 0 Å². The van der Waals surface area contributed by atoms with Crippen molar-refractivity contribution in [3.63, 3.8) is 0 Å². The summed E-state index contributed by atoms with van der Waals surface area (Å²) in [5, 5.41) is 4.11. The molecule has 152 valence electrons. The second-order valence-electron chi connectivity index (χ2n) is 6.57. The molecule has 0 aliphatic rings. The Morgan fingerprint density at radius 1 is 1.00 bits per heavy atom. The topological polar surface area (TPSA) is 30.5 Å². The number of hydrogen-bond acceptors (Lipinski definition) is 3. The Bertz CT molecular complexity index is 979. The quantitative estimate of drug-likeness (QED) is 0.373.